The number of furan rings is 2. The minimum atomic E-state index is 0.903. The molecule has 0 atom stereocenters. The molecule has 0 fully saturated rings. The molecule has 122 heavy (non-hydrogen) atoms. The van der Waals surface area contributed by atoms with E-state index in [-0.39, 0.29) is 0 Å². The van der Waals surface area contributed by atoms with Crippen LogP contribution in [0.5, 0.6) is 0 Å². The Morgan fingerprint density at radius 2 is 0.426 bits per heavy atom. The van der Waals surface area contributed by atoms with E-state index in [2.05, 4.69) is 431 Å². The molecule has 0 amide bonds. The lowest BCUT2D eigenvalue weighted by Gasteiger charge is -2.13. The van der Waals surface area contributed by atoms with E-state index < -0.39 is 0 Å². The van der Waals surface area contributed by atoms with Crippen LogP contribution in [0.2, 0.25) is 0 Å². The monoisotopic (exact) mass is 1550 g/mol. The molecule has 0 aliphatic heterocycles. The molecule has 28 aromatic rings. The lowest BCUT2D eigenvalue weighted by molar-refractivity contribution is 0.672. The number of hydrogen-bond acceptors (Lipinski definition) is 2. The van der Waals surface area contributed by atoms with Gasteiger partial charge < -0.3 is 27.1 Å². The minimum Gasteiger partial charge on any atom is -0.455 e. The first kappa shape index (κ1) is 66.8. The number of aromatic nitrogens is 4. The summed E-state index contributed by atoms with van der Waals surface area (Å²) in [6.07, 6.45) is 0. The highest BCUT2D eigenvalue weighted by molar-refractivity contribution is 6.34. The van der Waals surface area contributed by atoms with Gasteiger partial charge in [0.05, 0.1) is 54.9 Å². The van der Waals surface area contributed by atoms with Crippen LogP contribution in [-0.4, -0.2) is 18.3 Å². The molecule has 6 nitrogen and oxygen atoms in total. The van der Waals surface area contributed by atoms with Crippen molar-refractivity contribution in [1.82, 2.24) is 18.3 Å². The van der Waals surface area contributed by atoms with Gasteiger partial charge in [0.15, 0.2) is 0 Å². The number of benzene rings is 22. The van der Waals surface area contributed by atoms with Gasteiger partial charge in [-0.3, -0.25) is 0 Å². The fourth-order valence-corrected chi connectivity index (χ4v) is 21.1. The SMILES string of the molecule is c1ccc2cc(-n3c4ccc5c6ccccc6oc5c4c4ccc5c(c6ccccc6n5-c5ccc(-c6ccc7c8ccccc8c8ccccc8c7c6)cc5)c43)ccc2c1.c1ccc2cc(-n3c4ccccc4c4c3ccc3c5c6oc7ccccc7c6ccc5n(-c5ccc(-c6ccc7c8ccccc8c8ccccc8c7c6)cc5)c34)ccc2c1. The van der Waals surface area contributed by atoms with Crippen molar-refractivity contribution in [3.05, 3.63) is 413 Å². The Balaban J connectivity index is 0.000000128. The van der Waals surface area contributed by atoms with Crippen LogP contribution < -0.4 is 0 Å². The Morgan fingerprint density at radius 3 is 0.844 bits per heavy atom. The van der Waals surface area contributed by atoms with Gasteiger partial charge >= 0.3 is 0 Å². The van der Waals surface area contributed by atoms with Crippen LogP contribution in [-0.2, 0) is 0 Å². The third kappa shape index (κ3) is 9.60. The molecule has 0 aliphatic carbocycles. The molecule has 0 radical (unpaired) electrons. The number of fused-ring (bicyclic) bond motifs is 36. The Bertz CT molecular complexity index is 9340. The van der Waals surface area contributed by atoms with Crippen molar-refractivity contribution in [3.63, 3.8) is 0 Å². The van der Waals surface area contributed by atoms with Crippen molar-refractivity contribution in [2.75, 3.05) is 0 Å². The number of nitrogens with zero attached hydrogens (tertiary/aromatic N) is 4. The topological polar surface area (TPSA) is 46.0 Å². The van der Waals surface area contributed by atoms with Gasteiger partial charge in [-0.1, -0.05) is 279 Å². The van der Waals surface area contributed by atoms with Gasteiger partial charge in [0.2, 0.25) is 0 Å². The minimum absolute atomic E-state index is 0.903. The Morgan fingerprint density at radius 1 is 0.148 bits per heavy atom. The molecule has 6 aromatic heterocycles. The fourth-order valence-electron chi connectivity index (χ4n) is 21.1. The molecule has 6 heteroatoms. The average molecular weight is 1550 g/mol. The van der Waals surface area contributed by atoms with Crippen molar-refractivity contribution >= 4 is 217 Å². The summed E-state index contributed by atoms with van der Waals surface area (Å²) in [7, 11) is 0. The molecule has 0 saturated carbocycles. The van der Waals surface area contributed by atoms with E-state index in [1.807, 2.05) is 0 Å². The highest BCUT2D eigenvalue weighted by Crippen LogP contribution is 2.50. The zero-order chi connectivity index (χ0) is 79.5. The summed E-state index contributed by atoms with van der Waals surface area (Å²) in [6, 6.07) is 151. The maximum absolute atomic E-state index is 6.79. The molecule has 564 valence electrons. The maximum Gasteiger partial charge on any atom is 0.145 e. The van der Waals surface area contributed by atoms with E-state index in [1.54, 1.807) is 0 Å². The lowest BCUT2D eigenvalue weighted by atomic mass is 9.92. The number of hydrogen-bond donors (Lipinski definition) is 0. The number of rotatable bonds is 6. The quantitative estimate of drug-likeness (QED) is 0.156. The van der Waals surface area contributed by atoms with Crippen LogP contribution in [0, 0.1) is 0 Å². The lowest BCUT2D eigenvalue weighted by Crippen LogP contribution is -1.95. The van der Waals surface area contributed by atoms with Crippen molar-refractivity contribution in [3.8, 4) is 45.0 Å². The predicted molar refractivity (Wildman–Crippen MR) is 516 cm³/mol. The van der Waals surface area contributed by atoms with E-state index in [1.165, 1.54) is 168 Å². The van der Waals surface area contributed by atoms with Gasteiger partial charge in [-0.2, -0.15) is 0 Å². The van der Waals surface area contributed by atoms with Crippen molar-refractivity contribution in [1.29, 1.82) is 0 Å². The maximum atomic E-state index is 6.79. The molecule has 22 aromatic carbocycles. The molecular weight excluding hydrogens is 1480 g/mol. The van der Waals surface area contributed by atoms with Gasteiger partial charge in [-0.15, -0.1) is 0 Å². The van der Waals surface area contributed by atoms with E-state index in [4.69, 9.17) is 8.83 Å². The van der Waals surface area contributed by atoms with Crippen molar-refractivity contribution in [2.45, 2.75) is 0 Å². The van der Waals surface area contributed by atoms with Crippen LogP contribution >= 0.6 is 0 Å². The second-order valence-corrected chi connectivity index (χ2v) is 32.8. The van der Waals surface area contributed by atoms with Crippen LogP contribution in [0.25, 0.3) is 262 Å². The van der Waals surface area contributed by atoms with Gasteiger partial charge in [0, 0.05) is 76.6 Å². The molecule has 28 rings (SSSR count). The Hall–Kier alpha value is -16.3. The molecule has 0 saturated heterocycles. The molecule has 0 N–H and O–H groups in total. The van der Waals surface area contributed by atoms with Crippen LogP contribution in [0.1, 0.15) is 0 Å². The first-order chi connectivity index (χ1) is 60.5. The van der Waals surface area contributed by atoms with Crippen LogP contribution in [0.4, 0.5) is 0 Å². The predicted octanol–water partition coefficient (Wildman–Crippen LogP) is 32.1. The van der Waals surface area contributed by atoms with E-state index >= 15 is 0 Å². The van der Waals surface area contributed by atoms with Gasteiger partial charge in [0.1, 0.15) is 22.3 Å². The smallest absolute Gasteiger partial charge is 0.145 e. The van der Waals surface area contributed by atoms with Crippen molar-refractivity contribution < 1.29 is 8.83 Å². The van der Waals surface area contributed by atoms with E-state index in [0.29, 0.717) is 0 Å². The second-order valence-electron chi connectivity index (χ2n) is 32.8. The molecule has 0 bridgehead atoms. The first-order valence-electron chi connectivity index (χ1n) is 42.0. The summed E-state index contributed by atoms with van der Waals surface area (Å²) >= 11 is 0. The fraction of sp³-hybridized carbons (Fsp3) is 0. The first-order valence-corrected chi connectivity index (χ1v) is 42.0. The molecule has 6 heterocycles. The summed E-state index contributed by atoms with van der Waals surface area (Å²) in [6.45, 7) is 0. The summed E-state index contributed by atoms with van der Waals surface area (Å²) in [5.74, 6) is 0. The standard InChI is InChI=1S/2C58H34N2O/c1-2-12-37-33-40(27-23-35(37)11-1)59-51-19-9-7-18-48(51)55-52(59)32-30-49-56-53(31-29-47-46-17-8-10-20-54(46)61-58(47)56)60(57(49)55)39-25-21-36(22-26-39)38-24-28-45-43-15-4-3-13-41(43)42-14-5-6-16-44(42)50(45)34-38;1-2-12-37-33-40(27-23-35(37)11-1)60-53-31-29-47-46-17-8-10-20-54(46)61-58(47)56(53)49-30-32-52-55(57(49)60)48-18-7-9-19-51(48)59(52)39-25-21-36(22-26-39)38-24-28-45-43-15-4-3-13-41(43)42-14-5-6-16-44(42)50(45)34-38/h2*1-34H. The largest absolute Gasteiger partial charge is 0.455 e. The Kier molecular flexibility index (Phi) is 14.0. The summed E-state index contributed by atoms with van der Waals surface area (Å²) in [4.78, 5) is 0. The average Bonchev–Trinajstić information content (AvgIpc) is 1.54. The third-order valence-electron chi connectivity index (χ3n) is 26.5. The molecular formula is C116H68N4O2. The van der Waals surface area contributed by atoms with Crippen molar-refractivity contribution in [2.24, 2.45) is 0 Å². The van der Waals surface area contributed by atoms with Gasteiger partial charge in [-0.25, -0.2) is 0 Å². The molecule has 0 aliphatic rings. The highest BCUT2D eigenvalue weighted by Gasteiger charge is 2.28. The normalized spacial score (nSPS) is 12.3. The summed E-state index contributed by atoms with van der Waals surface area (Å²) in [5, 5.41) is 34.4. The second kappa shape index (κ2) is 25.6. The zero-order valence-corrected chi connectivity index (χ0v) is 65.9. The van der Waals surface area contributed by atoms with E-state index in [0.717, 1.165) is 93.9 Å². The Labute approximate surface area is 697 Å². The highest BCUT2D eigenvalue weighted by atomic mass is 16.3. The van der Waals surface area contributed by atoms with Gasteiger partial charge in [0.25, 0.3) is 0 Å². The third-order valence-corrected chi connectivity index (χ3v) is 26.5. The molecule has 0 spiro atoms. The van der Waals surface area contributed by atoms with Gasteiger partial charge in [-0.05, 0) is 242 Å². The van der Waals surface area contributed by atoms with E-state index in [9.17, 15) is 0 Å². The number of para-hydroxylation sites is 4. The molecule has 0 unspecified atom stereocenters. The summed E-state index contributed by atoms with van der Waals surface area (Å²) in [5.41, 5.74) is 22.2. The summed E-state index contributed by atoms with van der Waals surface area (Å²) < 4.78 is 23.4. The zero-order valence-electron chi connectivity index (χ0n) is 65.9. The van der Waals surface area contributed by atoms with Crippen LogP contribution in [0.15, 0.2) is 421 Å². The van der Waals surface area contributed by atoms with Crippen LogP contribution in [0.3, 0.4) is 0 Å².